The third-order valence-electron chi connectivity index (χ3n) is 2.50. The summed E-state index contributed by atoms with van der Waals surface area (Å²) in [6.45, 7) is 0.951. The lowest BCUT2D eigenvalue weighted by molar-refractivity contribution is 0.628. The molecule has 0 atom stereocenters. The van der Waals surface area contributed by atoms with E-state index in [2.05, 4.69) is 5.32 Å². The first-order valence-electron chi connectivity index (χ1n) is 4.94. The standard InChI is InChI=1S/C11H13ClFN/c12-10-7-9(3-4-11(10)13)14-6-5-8-1-2-8/h3-4,7-8,14H,1-2,5-6H2. The van der Waals surface area contributed by atoms with E-state index in [1.54, 1.807) is 12.1 Å². The van der Waals surface area contributed by atoms with Crippen molar-refractivity contribution < 1.29 is 4.39 Å². The zero-order valence-corrected chi connectivity index (χ0v) is 8.65. The summed E-state index contributed by atoms with van der Waals surface area (Å²) < 4.78 is 12.8. The molecule has 1 aromatic carbocycles. The van der Waals surface area contributed by atoms with Crippen molar-refractivity contribution in [1.29, 1.82) is 0 Å². The fraction of sp³-hybridized carbons (Fsp3) is 0.455. The van der Waals surface area contributed by atoms with Crippen LogP contribution in [-0.4, -0.2) is 6.54 Å². The molecule has 0 aliphatic heterocycles. The highest BCUT2D eigenvalue weighted by atomic mass is 35.5. The first-order valence-corrected chi connectivity index (χ1v) is 5.32. The molecule has 0 heterocycles. The summed E-state index contributed by atoms with van der Waals surface area (Å²) >= 11 is 5.65. The average molecular weight is 214 g/mol. The second kappa shape index (κ2) is 4.18. The van der Waals surface area contributed by atoms with E-state index < -0.39 is 0 Å². The molecule has 1 N–H and O–H groups in total. The number of nitrogens with one attached hydrogen (secondary N) is 1. The maximum absolute atomic E-state index is 12.8. The van der Waals surface area contributed by atoms with E-state index >= 15 is 0 Å². The van der Waals surface area contributed by atoms with Gasteiger partial charge in [-0.25, -0.2) is 4.39 Å². The Hall–Kier alpha value is -0.760. The Labute approximate surface area is 88.3 Å². The van der Waals surface area contributed by atoms with Crippen LogP contribution in [0.3, 0.4) is 0 Å². The molecule has 0 radical (unpaired) electrons. The summed E-state index contributed by atoms with van der Waals surface area (Å²) in [6, 6.07) is 4.74. The van der Waals surface area contributed by atoms with E-state index in [9.17, 15) is 4.39 Å². The van der Waals surface area contributed by atoms with Crippen LogP contribution in [0.5, 0.6) is 0 Å². The molecule has 0 bridgehead atoms. The number of benzene rings is 1. The Morgan fingerprint density at radius 1 is 1.43 bits per heavy atom. The fourth-order valence-corrected chi connectivity index (χ4v) is 1.61. The van der Waals surface area contributed by atoms with Gasteiger partial charge in [0.25, 0.3) is 0 Å². The van der Waals surface area contributed by atoms with E-state index in [1.165, 1.54) is 25.3 Å². The SMILES string of the molecule is Fc1ccc(NCCC2CC2)cc1Cl. The molecular weight excluding hydrogens is 201 g/mol. The first kappa shape index (κ1) is 9.78. The van der Waals surface area contributed by atoms with Crippen molar-refractivity contribution in [2.75, 3.05) is 11.9 Å². The van der Waals surface area contributed by atoms with Gasteiger partial charge in [-0.15, -0.1) is 0 Å². The quantitative estimate of drug-likeness (QED) is 0.805. The van der Waals surface area contributed by atoms with Crippen LogP contribution in [0.15, 0.2) is 18.2 Å². The molecule has 1 aromatic rings. The molecule has 1 saturated carbocycles. The number of anilines is 1. The summed E-state index contributed by atoms with van der Waals surface area (Å²) in [4.78, 5) is 0. The Kier molecular flexibility index (Phi) is 2.92. The van der Waals surface area contributed by atoms with E-state index in [-0.39, 0.29) is 10.8 Å². The predicted octanol–water partition coefficient (Wildman–Crippen LogP) is 3.69. The van der Waals surface area contributed by atoms with E-state index in [4.69, 9.17) is 11.6 Å². The molecule has 2 rings (SSSR count). The molecule has 1 aliphatic carbocycles. The maximum atomic E-state index is 12.8. The van der Waals surface area contributed by atoms with Crippen LogP contribution in [0, 0.1) is 11.7 Å². The molecule has 1 aliphatic rings. The summed E-state index contributed by atoms with van der Waals surface area (Å²) in [5.74, 6) is 0.554. The molecule has 3 heteroatoms. The van der Waals surface area contributed by atoms with Gasteiger partial charge in [-0.05, 0) is 30.5 Å². The molecule has 1 nitrogen and oxygen atoms in total. The summed E-state index contributed by atoms with van der Waals surface area (Å²) in [5.41, 5.74) is 0.900. The minimum absolute atomic E-state index is 0.182. The van der Waals surface area contributed by atoms with Crippen molar-refractivity contribution in [1.82, 2.24) is 0 Å². The number of hydrogen-bond acceptors (Lipinski definition) is 1. The van der Waals surface area contributed by atoms with Crippen LogP contribution in [-0.2, 0) is 0 Å². The van der Waals surface area contributed by atoms with Gasteiger partial charge in [0.2, 0.25) is 0 Å². The summed E-state index contributed by atoms with van der Waals surface area (Å²) in [5, 5.41) is 3.41. The number of halogens is 2. The second-order valence-electron chi connectivity index (χ2n) is 3.79. The Morgan fingerprint density at radius 3 is 2.86 bits per heavy atom. The average Bonchev–Trinajstić information content (AvgIpc) is 2.95. The topological polar surface area (TPSA) is 12.0 Å². The van der Waals surface area contributed by atoms with Gasteiger partial charge in [-0.3, -0.25) is 0 Å². The lowest BCUT2D eigenvalue weighted by Gasteiger charge is -2.06. The van der Waals surface area contributed by atoms with Crippen molar-refractivity contribution in [2.24, 2.45) is 5.92 Å². The lowest BCUT2D eigenvalue weighted by atomic mass is 10.2. The van der Waals surface area contributed by atoms with E-state index in [0.29, 0.717) is 0 Å². The van der Waals surface area contributed by atoms with E-state index in [0.717, 1.165) is 18.2 Å². The third-order valence-corrected chi connectivity index (χ3v) is 2.79. The first-order chi connectivity index (χ1) is 6.75. The van der Waals surface area contributed by atoms with Crippen LogP contribution in [0.1, 0.15) is 19.3 Å². The molecule has 0 spiro atoms. The number of rotatable bonds is 4. The minimum atomic E-state index is -0.362. The molecule has 1 fully saturated rings. The van der Waals surface area contributed by atoms with E-state index in [1.807, 2.05) is 0 Å². The largest absolute Gasteiger partial charge is 0.385 e. The van der Waals surface area contributed by atoms with Crippen LogP contribution >= 0.6 is 11.6 Å². The van der Waals surface area contributed by atoms with Gasteiger partial charge in [0, 0.05) is 12.2 Å². The van der Waals surface area contributed by atoms with Crippen molar-refractivity contribution in [3.63, 3.8) is 0 Å². The molecule has 0 amide bonds. The zero-order valence-electron chi connectivity index (χ0n) is 7.89. The predicted molar refractivity (Wildman–Crippen MR) is 57.2 cm³/mol. The van der Waals surface area contributed by atoms with Gasteiger partial charge in [-0.1, -0.05) is 24.4 Å². The lowest BCUT2D eigenvalue weighted by Crippen LogP contribution is -2.02. The van der Waals surface area contributed by atoms with Crippen molar-refractivity contribution in [3.8, 4) is 0 Å². The van der Waals surface area contributed by atoms with Gasteiger partial charge in [-0.2, -0.15) is 0 Å². The Morgan fingerprint density at radius 2 is 2.21 bits per heavy atom. The van der Waals surface area contributed by atoms with Crippen LogP contribution in [0.25, 0.3) is 0 Å². The van der Waals surface area contributed by atoms with Crippen LogP contribution in [0.4, 0.5) is 10.1 Å². The monoisotopic (exact) mass is 213 g/mol. The molecule has 0 saturated heterocycles. The van der Waals surface area contributed by atoms with Gasteiger partial charge in [0.1, 0.15) is 5.82 Å². The Bertz CT molecular complexity index is 323. The summed E-state index contributed by atoms with van der Waals surface area (Å²) in [6.07, 6.45) is 3.94. The maximum Gasteiger partial charge on any atom is 0.141 e. The van der Waals surface area contributed by atoms with Crippen molar-refractivity contribution >= 4 is 17.3 Å². The summed E-state index contributed by atoms with van der Waals surface area (Å²) in [7, 11) is 0. The van der Waals surface area contributed by atoms with Crippen molar-refractivity contribution in [3.05, 3.63) is 29.0 Å². The molecule has 0 unspecified atom stereocenters. The highest BCUT2D eigenvalue weighted by Crippen LogP contribution is 2.32. The van der Waals surface area contributed by atoms with Crippen LogP contribution in [0.2, 0.25) is 5.02 Å². The third kappa shape index (κ3) is 2.61. The molecular formula is C11H13ClFN. The minimum Gasteiger partial charge on any atom is -0.385 e. The molecule has 14 heavy (non-hydrogen) atoms. The zero-order chi connectivity index (χ0) is 9.97. The van der Waals surface area contributed by atoms with Gasteiger partial charge < -0.3 is 5.32 Å². The fourth-order valence-electron chi connectivity index (χ4n) is 1.43. The Balaban J connectivity index is 1.85. The highest BCUT2D eigenvalue weighted by molar-refractivity contribution is 6.31. The van der Waals surface area contributed by atoms with Gasteiger partial charge in [0.05, 0.1) is 5.02 Å². The normalized spacial score (nSPS) is 15.6. The van der Waals surface area contributed by atoms with Gasteiger partial charge in [0.15, 0.2) is 0 Å². The molecule has 76 valence electrons. The van der Waals surface area contributed by atoms with Gasteiger partial charge >= 0.3 is 0 Å². The smallest absolute Gasteiger partial charge is 0.141 e. The van der Waals surface area contributed by atoms with Crippen LogP contribution < -0.4 is 5.32 Å². The second-order valence-corrected chi connectivity index (χ2v) is 4.19. The molecule has 0 aromatic heterocycles. The number of hydrogen-bond donors (Lipinski definition) is 1. The highest BCUT2D eigenvalue weighted by Gasteiger charge is 2.20. The van der Waals surface area contributed by atoms with Crippen molar-refractivity contribution in [2.45, 2.75) is 19.3 Å².